The quantitative estimate of drug-likeness (QED) is 0.596. The highest BCUT2D eigenvalue weighted by molar-refractivity contribution is 6.31. The maximum atomic E-state index is 12.5. The minimum atomic E-state index is -0.556. The van der Waals surface area contributed by atoms with Gasteiger partial charge in [-0.1, -0.05) is 41.4 Å². The molecule has 3 rings (SSSR count). The van der Waals surface area contributed by atoms with Gasteiger partial charge in [0.2, 0.25) is 5.91 Å². The predicted octanol–water partition coefficient (Wildman–Crippen LogP) is 3.37. The van der Waals surface area contributed by atoms with Gasteiger partial charge in [0.05, 0.1) is 25.1 Å². The SMILES string of the molecule is COC(=O)C[C@H](NC(=O)CCn1c(=O)oc2cc(Cl)ccc21)c1ccc(C)cc1. The van der Waals surface area contributed by atoms with Crippen molar-refractivity contribution in [2.75, 3.05) is 7.11 Å². The summed E-state index contributed by atoms with van der Waals surface area (Å²) in [7, 11) is 1.30. The number of hydrogen-bond donors (Lipinski definition) is 1. The molecule has 2 aromatic carbocycles. The first-order valence-electron chi connectivity index (χ1n) is 9.09. The van der Waals surface area contributed by atoms with Crippen molar-refractivity contribution in [3.63, 3.8) is 0 Å². The Hall–Kier alpha value is -3.06. The van der Waals surface area contributed by atoms with E-state index in [0.717, 1.165) is 11.1 Å². The Labute approximate surface area is 172 Å². The summed E-state index contributed by atoms with van der Waals surface area (Å²) in [6.07, 6.45) is 0.0547. The van der Waals surface area contributed by atoms with E-state index in [1.54, 1.807) is 18.2 Å². The number of hydrogen-bond acceptors (Lipinski definition) is 5. The summed E-state index contributed by atoms with van der Waals surface area (Å²) in [6.45, 7) is 2.09. The third-order valence-corrected chi connectivity index (χ3v) is 4.84. The van der Waals surface area contributed by atoms with E-state index < -0.39 is 17.8 Å². The summed E-state index contributed by atoms with van der Waals surface area (Å²) in [5, 5.41) is 3.31. The Balaban J connectivity index is 1.72. The average molecular weight is 417 g/mol. The van der Waals surface area contributed by atoms with Crippen LogP contribution in [0.4, 0.5) is 0 Å². The largest absolute Gasteiger partial charge is 0.469 e. The monoisotopic (exact) mass is 416 g/mol. The van der Waals surface area contributed by atoms with Crippen LogP contribution in [0.2, 0.25) is 5.02 Å². The van der Waals surface area contributed by atoms with E-state index in [1.807, 2.05) is 31.2 Å². The first-order valence-corrected chi connectivity index (χ1v) is 9.47. The summed E-state index contributed by atoms with van der Waals surface area (Å²) < 4.78 is 11.3. The lowest BCUT2D eigenvalue weighted by Crippen LogP contribution is -2.31. The number of halogens is 1. The molecule has 7 nitrogen and oxygen atoms in total. The number of amides is 1. The first-order chi connectivity index (χ1) is 13.9. The molecule has 0 unspecified atom stereocenters. The van der Waals surface area contributed by atoms with Gasteiger partial charge in [0.1, 0.15) is 0 Å². The number of ether oxygens (including phenoxy) is 1. The van der Waals surface area contributed by atoms with Crippen LogP contribution >= 0.6 is 11.6 Å². The molecular weight excluding hydrogens is 396 g/mol. The highest BCUT2D eigenvalue weighted by Crippen LogP contribution is 2.20. The molecule has 1 N–H and O–H groups in total. The molecule has 0 aliphatic rings. The van der Waals surface area contributed by atoms with Crippen molar-refractivity contribution in [2.24, 2.45) is 0 Å². The molecule has 0 radical (unpaired) electrons. The van der Waals surface area contributed by atoms with E-state index in [-0.39, 0.29) is 25.3 Å². The van der Waals surface area contributed by atoms with E-state index in [4.69, 9.17) is 20.8 Å². The molecule has 152 valence electrons. The van der Waals surface area contributed by atoms with Gasteiger partial charge in [0, 0.05) is 24.1 Å². The fourth-order valence-electron chi connectivity index (χ4n) is 3.03. The number of oxazole rings is 1. The van der Waals surface area contributed by atoms with Gasteiger partial charge in [0.25, 0.3) is 0 Å². The second-order valence-corrected chi connectivity index (χ2v) is 7.13. The molecule has 0 saturated heterocycles. The molecule has 1 amide bonds. The van der Waals surface area contributed by atoms with Gasteiger partial charge in [-0.15, -0.1) is 0 Å². The fraction of sp³-hybridized carbons (Fsp3) is 0.286. The number of aromatic nitrogens is 1. The minimum Gasteiger partial charge on any atom is -0.469 e. The van der Waals surface area contributed by atoms with Crippen LogP contribution in [0.25, 0.3) is 11.1 Å². The van der Waals surface area contributed by atoms with Crippen LogP contribution in [0.1, 0.15) is 30.0 Å². The average Bonchev–Trinajstić information content (AvgIpc) is 3.00. The van der Waals surface area contributed by atoms with Crippen LogP contribution in [-0.2, 0) is 20.9 Å². The van der Waals surface area contributed by atoms with Gasteiger partial charge in [-0.25, -0.2) is 4.79 Å². The second-order valence-electron chi connectivity index (χ2n) is 6.69. The normalized spacial score (nSPS) is 12.0. The number of rotatable bonds is 7. The van der Waals surface area contributed by atoms with Crippen molar-refractivity contribution in [1.82, 2.24) is 9.88 Å². The van der Waals surface area contributed by atoms with Crippen molar-refractivity contribution in [2.45, 2.75) is 32.4 Å². The molecule has 29 heavy (non-hydrogen) atoms. The van der Waals surface area contributed by atoms with Crippen molar-refractivity contribution >= 4 is 34.6 Å². The summed E-state index contributed by atoms with van der Waals surface area (Å²) >= 11 is 5.91. The number of nitrogens with one attached hydrogen (secondary N) is 1. The molecular formula is C21H21ClN2O5. The van der Waals surface area contributed by atoms with E-state index >= 15 is 0 Å². The molecule has 0 aliphatic carbocycles. The molecule has 8 heteroatoms. The lowest BCUT2D eigenvalue weighted by atomic mass is 10.0. The van der Waals surface area contributed by atoms with Crippen molar-refractivity contribution in [3.05, 3.63) is 69.2 Å². The first kappa shape index (κ1) is 20.7. The third-order valence-electron chi connectivity index (χ3n) is 4.61. The standard InChI is InChI=1S/C21H21ClN2O5/c1-13-3-5-14(6-4-13)16(12-20(26)28-2)23-19(25)9-10-24-17-8-7-15(22)11-18(17)29-21(24)27/h3-8,11,16H,9-10,12H2,1-2H3,(H,23,25)/t16-/m0/s1. The summed E-state index contributed by atoms with van der Waals surface area (Å²) in [4.78, 5) is 36.4. The molecule has 3 aromatic rings. The van der Waals surface area contributed by atoms with Gasteiger partial charge >= 0.3 is 11.7 Å². The molecule has 0 fully saturated rings. The van der Waals surface area contributed by atoms with Crippen LogP contribution in [0, 0.1) is 6.92 Å². The number of esters is 1. The van der Waals surface area contributed by atoms with Gasteiger partial charge in [-0.2, -0.15) is 0 Å². The Kier molecular flexibility index (Phi) is 6.39. The highest BCUT2D eigenvalue weighted by Gasteiger charge is 2.19. The predicted molar refractivity (Wildman–Crippen MR) is 109 cm³/mol. The molecule has 1 atom stereocenters. The van der Waals surface area contributed by atoms with Gasteiger partial charge in [-0.05, 0) is 24.6 Å². The smallest absolute Gasteiger partial charge is 0.419 e. The van der Waals surface area contributed by atoms with Gasteiger partial charge in [-0.3, -0.25) is 14.2 Å². The van der Waals surface area contributed by atoms with Crippen LogP contribution in [0.3, 0.4) is 0 Å². The Morgan fingerprint density at radius 1 is 1.21 bits per heavy atom. The van der Waals surface area contributed by atoms with Crippen molar-refractivity contribution in [1.29, 1.82) is 0 Å². The maximum absolute atomic E-state index is 12.5. The number of nitrogens with zero attached hydrogens (tertiary/aromatic N) is 1. The van der Waals surface area contributed by atoms with E-state index in [9.17, 15) is 14.4 Å². The Bertz CT molecular complexity index is 1080. The minimum absolute atomic E-state index is 0.0123. The molecule has 0 bridgehead atoms. The molecule has 0 aliphatic heterocycles. The lowest BCUT2D eigenvalue weighted by molar-refractivity contribution is -0.141. The number of aryl methyl sites for hydroxylation is 2. The summed E-state index contributed by atoms with van der Waals surface area (Å²) in [5.74, 6) is -1.28. The number of benzene rings is 2. The van der Waals surface area contributed by atoms with Gasteiger partial charge < -0.3 is 14.5 Å². The summed E-state index contributed by atoms with van der Waals surface area (Å²) in [6, 6.07) is 11.9. The molecule has 0 saturated carbocycles. The highest BCUT2D eigenvalue weighted by atomic mass is 35.5. The third kappa shape index (κ3) is 5.06. The number of fused-ring (bicyclic) bond motifs is 1. The van der Waals surface area contributed by atoms with E-state index in [0.29, 0.717) is 16.1 Å². The number of carbonyl (C=O) groups excluding carboxylic acids is 2. The van der Waals surface area contributed by atoms with Gasteiger partial charge in [0.15, 0.2) is 5.58 Å². The zero-order valence-corrected chi connectivity index (χ0v) is 16.9. The fourth-order valence-corrected chi connectivity index (χ4v) is 3.19. The molecule has 1 aromatic heterocycles. The topological polar surface area (TPSA) is 90.5 Å². The molecule has 0 spiro atoms. The Morgan fingerprint density at radius 2 is 1.93 bits per heavy atom. The second kappa shape index (κ2) is 8.96. The lowest BCUT2D eigenvalue weighted by Gasteiger charge is -2.18. The van der Waals surface area contributed by atoms with Crippen LogP contribution in [-0.4, -0.2) is 23.6 Å². The molecule has 1 heterocycles. The number of carbonyl (C=O) groups is 2. The van der Waals surface area contributed by atoms with Crippen LogP contribution < -0.4 is 11.1 Å². The van der Waals surface area contributed by atoms with Crippen LogP contribution in [0.5, 0.6) is 0 Å². The van der Waals surface area contributed by atoms with E-state index in [2.05, 4.69) is 5.32 Å². The van der Waals surface area contributed by atoms with Crippen molar-refractivity contribution in [3.8, 4) is 0 Å². The maximum Gasteiger partial charge on any atom is 0.419 e. The van der Waals surface area contributed by atoms with Crippen LogP contribution in [0.15, 0.2) is 51.7 Å². The zero-order valence-electron chi connectivity index (χ0n) is 16.1. The number of methoxy groups -OCH3 is 1. The van der Waals surface area contributed by atoms with E-state index in [1.165, 1.54) is 11.7 Å². The van der Waals surface area contributed by atoms with Crippen molar-refractivity contribution < 1.29 is 18.7 Å². The Morgan fingerprint density at radius 3 is 2.62 bits per heavy atom. The zero-order chi connectivity index (χ0) is 21.0. The summed E-state index contributed by atoms with van der Waals surface area (Å²) in [5.41, 5.74) is 2.81.